The van der Waals surface area contributed by atoms with E-state index >= 15 is 0 Å². The van der Waals surface area contributed by atoms with Gasteiger partial charge < -0.3 is 9.47 Å². The van der Waals surface area contributed by atoms with Gasteiger partial charge >= 0.3 is 11.9 Å². The molecule has 4 heteroatoms. The smallest absolute Gasteiger partial charge is 0.309 e. The van der Waals surface area contributed by atoms with Crippen LogP contribution in [0, 0.1) is 47.3 Å². The largest absolute Gasteiger partial charge is 0.469 e. The van der Waals surface area contributed by atoms with E-state index < -0.39 is 0 Å². The SMILES string of the molecule is COC(=O)[C@@H]1[C@H](C(=O)OC)[C@@H]2C3CC4[C@@H]([C@H]42)[C@H]31. The zero-order valence-electron chi connectivity index (χ0n) is 9.96. The van der Waals surface area contributed by atoms with Gasteiger partial charge in [0.25, 0.3) is 0 Å². The summed E-state index contributed by atoms with van der Waals surface area (Å²) in [5.41, 5.74) is 0. The molecule has 0 saturated heterocycles. The van der Waals surface area contributed by atoms with Crippen LogP contribution in [0.2, 0.25) is 0 Å². The van der Waals surface area contributed by atoms with E-state index in [-0.39, 0.29) is 23.8 Å². The fourth-order valence-electron chi connectivity index (χ4n) is 5.65. The first-order chi connectivity index (χ1) is 8.20. The van der Waals surface area contributed by atoms with Crippen LogP contribution in [0.15, 0.2) is 0 Å². The average molecular weight is 236 g/mol. The van der Waals surface area contributed by atoms with Crippen molar-refractivity contribution in [2.45, 2.75) is 6.42 Å². The third-order valence-electron chi connectivity index (χ3n) is 5.88. The highest BCUT2D eigenvalue weighted by atomic mass is 16.5. The van der Waals surface area contributed by atoms with Crippen LogP contribution in [0.1, 0.15) is 6.42 Å². The molecule has 0 N–H and O–H groups in total. The molecule has 8 atom stereocenters. The van der Waals surface area contributed by atoms with Crippen LogP contribution in [-0.2, 0) is 19.1 Å². The predicted octanol–water partition coefficient (Wildman–Crippen LogP) is 0.706. The minimum atomic E-state index is -0.226. The summed E-state index contributed by atoms with van der Waals surface area (Å²) in [5.74, 6) is 2.78. The molecule has 0 aromatic heterocycles. The maximum atomic E-state index is 11.9. The molecule has 4 nitrogen and oxygen atoms in total. The van der Waals surface area contributed by atoms with E-state index in [1.807, 2.05) is 0 Å². The molecule has 0 radical (unpaired) electrons. The average Bonchev–Trinajstić information content (AvgIpc) is 2.75. The standard InChI is InChI=1S/C13H16O4/c1-16-12(14)10-8-5-3-4-6(8)7(4)9(5)11(10)13(15)17-2/h4-11H,3H2,1-2H3/t4?,5?,6-,7-,8-,9+,10-,11+/m0/s1. The van der Waals surface area contributed by atoms with Crippen molar-refractivity contribution in [3.8, 4) is 0 Å². The Morgan fingerprint density at radius 2 is 1.24 bits per heavy atom. The van der Waals surface area contributed by atoms with Gasteiger partial charge in [-0.1, -0.05) is 0 Å². The number of carbonyl (C=O) groups excluding carboxylic acids is 2. The maximum absolute atomic E-state index is 11.9. The maximum Gasteiger partial charge on any atom is 0.309 e. The monoisotopic (exact) mass is 236 g/mol. The first-order valence-corrected chi connectivity index (χ1v) is 6.36. The Hall–Kier alpha value is -1.06. The summed E-state index contributed by atoms with van der Waals surface area (Å²) in [6.07, 6.45) is 1.23. The number of methoxy groups -OCH3 is 2. The molecule has 5 aliphatic carbocycles. The third kappa shape index (κ3) is 0.893. The Balaban J connectivity index is 1.73. The topological polar surface area (TPSA) is 52.6 Å². The van der Waals surface area contributed by atoms with Gasteiger partial charge in [0.1, 0.15) is 0 Å². The van der Waals surface area contributed by atoms with Gasteiger partial charge in [0.05, 0.1) is 26.1 Å². The van der Waals surface area contributed by atoms with Crippen LogP contribution < -0.4 is 0 Å². The summed E-state index contributed by atoms with van der Waals surface area (Å²) in [4.78, 5) is 23.9. The Kier molecular flexibility index (Phi) is 1.66. The van der Waals surface area contributed by atoms with E-state index in [2.05, 4.69) is 0 Å². The van der Waals surface area contributed by atoms with E-state index in [9.17, 15) is 9.59 Å². The number of hydrogen-bond donors (Lipinski definition) is 0. The van der Waals surface area contributed by atoms with Crippen molar-refractivity contribution in [2.24, 2.45) is 47.3 Å². The Morgan fingerprint density at radius 1 is 0.824 bits per heavy atom. The van der Waals surface area contributed by atoms with Gasteiger partial charge in [-0.05, 0) is 41.9 Å². The lowest BCUT2D eigenvalue weighted by Crippen LogP contribution is -2.37. The van der Waals surface area contributed by atoms with E-state index in [0.29, 0.717) is 17.8 Å². The number of ether oxygens (including phenoxy) is 2. The van der Waals surface area contributed by atoms with Crippen LogP contribution >= 0.6 is 0 Å². The number of esters is 2. The van der Waals surface area contributed by atoms with Crippen LogP contribution in [0.5, 0.6) is 0 Å². The molecule has 92 valence electrons. The Labute approximate surface area is 99.6 Å². The summed E-state index contributed by atoms with van der Waals surface area (Å²) in [5, 5.41) is 0. The molecule has 5 saturated carbocycles. The summed E-state index contributed by atoms with van der Waals surface area (Å²) >= 11 is 0. The van der Waals surface area contributed by atoms with Crippen LogP contribution in [-0.4, -0.2) is 26.2 Å². The van der Waals surface area contributed by atoms with Gasteiger partial charge in [-0.25, -0.2) is 0 Å². The number of carbonyl (C=O) groups is 2. The number of hydrogen-bond acceptors (Lipinski definition) is 4. The highest BCUT2D eigenvalue weighted by molar-refractivity contribution is 5.84. The lowest BCUT2D eigenvalue weighted by atomic mass is 9.79. The van der Waals surface area contributed by atoms with Crippen LogP contribution in [0.3, 0.4) is 0 Å². The van der Waals surface area contributed by atoms with Gasteiger partial charge in [-0.2, -0.15) is 0 Å². The molecule has 0 aliphatic heterocycles. The predicted molar refractivity (Wildman–Crippen MR) is 56.6 cm³/mol. The fraction of sp³-hybridized carbons (Fsp3) is 0.846. The molecule has 0 aromatic rings. The summed E-state index contributed by atoms with van der Waals surface area (Å²) in [6, 6.07) is 0. The minimum absolute atomic E-state index is 0.205. The molecule has 5 aliphatic rings. The molecule has 0 aromatic carbocycles. The second kappa shape index (κ2) is 2.85. The zero-order valence-corrected chi connectivity index (χ0v) is 9.96. The minimum Gasteiger partial charge on any atom is -0.469 e. The van der Waals surface area contributed by atoms with E-state index in [4.69, 9.17) is 9.47 Å². The third-order valence-corrected chi connectivity index (χ3v) is 5.88. The second-order valence-corrected chi connectivity index (χ2v) is 5.97. The van der Waals surface area contributed by atoms with Crippen LogP contribution in [0.25, 0.3) is 0 Å². The normalized spacial score (nSPS) is 55.9. The van der Waals surface area contributed by atoms with Gasteiger partial charge in [0.15, 0.2) is 0 Å². The van der Waals surface area contributed by atoms with Crippen molar-refractivity contribution in [1.29, 1.82) is 0 Å². The summed E-state index contributed by atoms with van der Waals surface area (Å²) in [7, 11) is 2.83. The molecular formula is C13H16O4. The van der Waals surface area contributed by atoms with Crippen LogP contribution in [0.4, 0.5) is 0 Å². The van der Waals surface area contributed by atoms with Gasteiger partial charge in [-0.15, -0.1) is 0 Å². The molecule has 0 amide bonds. The fourth-order valence-corrected chi connectivity index (χ4v) is 5.65. The van der Waals surface area contributed by atoms with Crippen molar-refractivity contribution in [2.75, 3.05) is 14.2 Å². The molecule has 0 heterocycles. The molecular weight excluding hydrogens is 220 g/mol. The molecule has 5 fully saturated rings. The summed E-state index contributed by atoms with van der Waals surface area (Å²) < 4.78 is 9.80. The Morgan fingerprint density at radius 3 is 1.59 bits per heavy atom. The molecule has 0 spiro atoms. The van der Waals surface area contributed by atoms with Gasteiger partial charge in [0, 0.05) is 0 Å². The quantitative estimate of drug-likeness (QED) is 0.662. The first kappa shape index (κ1) is 9.92. The molecule has 2 unspecified atom stereocenters. The van der Waals surface area contributed by atoms with Gasteiger partial charge in [-0.3, -0.25) is 9.59 Å². The Bertz CT molecular complexity index is 382. The molecule has 5 rings (SSSR count). The highest BCUT2D eigenvalue weighted by Crippen LogP contribution is 2.83. The van der Waals surface area contributed by atoms with E-state index in [1.165, 1.54) is 20.6 Å². The lowest BCUT2D eigenvalue weighted by molar-refractivity contribution is -0.160. The van der Waals surface area contributed by atoms with E-state index in [1.54, 1.807) is 0 Å². The van der Waals surface area contributed by atoms with Crippen molar-refractivity contribution in [3.63, 3.8) is 0 Å². The van der Waals surface area contributed by atoms with Gasteiger partial charge in [0.2, 0.25) is 0 Å². The molecule has 6 bridgehead atoms. The lowest BCUT2D eigenvalue weighted by Gasteiger charge is -2.26. The van der Waals surface area contributed by atoms with Crippen molar-refractivity contribution in [1.82, 2.24) is 0 Å². The highest BCUT2D eigenvalue weighted by Gasteiger charge is 2.82. The number of rotatable bonds is 2. The summed E-state index contributed by atoms with van der Waals surface area (Å²) in [6.45, 7) is 0. The second-order valence-electron chi connectivity index (χ2n) is 5.97. The molecule has 17 heavy (non-hydrogen) atoms. The zero-order chi connectivity index (χ0) is 11.9. The first-order valence-electron chi connectivity index (χ1n) is 6.36. The van der Waals surface area contributed by atoms with Crippen molar-refractivity contribution >= 4 is 11.9 Å². The van der Waals surface area contributed by atoms with E-state index in [0.717, 1.165) is 17.8 Å². The van der Waals surface area contributed by atoms with Crippen molar-refractivity contribution < 1.29 is 19.1 Å². The van der Waals surface area contributed by atoms with Crippen molar-refractivity contribution in [3.05, 3.63) is 0 Å².